The summed E-state index contributed by atoms with van der Waals surface area (Å²) < 4.78 is 7.28. The third kappa shape index (κ3) is 1.72. The third-order valence-corrected chi connectivity index (χ3v) is 3.47. The summed E-state index contributed by atoms with van der Waals surface area (Å²) >= 11 is 0. The maximum absolute atomic E-state index is 5.14. The molecule has 3 heterocycles. The number of hydrogen-bond donors (Lipinski definition) is 0. The fraction of sp³-hybridized carbons (Fsp3) is 0. The average molecular weight is 260 g/mol. The number of nitrogens with zero attached hydrogens (tertiary/aromatic N) is 2. The van der Waals surface area contributed by atoms with Gasteiger partial charge in [0, 0.05) is 23.3 Å². The summed E-state index contributed by atoms with van der Waals surface area (Å²) in [5, 5.41) is 1.20. The minimum Gasteiger partial charge on any atom is -0.472 e. The van der Waals surface area contributed by atoms with Crippen LogP contribution in [0.1, 0.15) is 0 Å². The van der Waals surface area contributed by atoms with Gasteiger partial charge in [-0.1, -0.05) is 6.07 Å². The van der Waals surface area contributed by atoms with Crippen LogP contribution in [0, 0.1) is 0 Å². The van der Waals surface area contributed by atoms with E-state index in [0.717, 1.165) is 16.8 Å². The molecule has 1 aromatic carbocycles. The Bertz CT molecular complexity index is 845. The zero-order valence-electron chi connectivity index (χ0n) is 10.7. The molecule has 0 aliphatic carbocycles. The van der Waals surface area contributed by atoms with E-state index >= 15 is 0 Å². The zero-order valence-corrected chi connectivity index (χ0v) is 10.7. The maximum Gasteiger partial charge on any atom is 0.0980 e. The van der Waals surface area contributed by atoms with Gasteiger partial charge in [0.1, 0.15) is 0 Å². The van der Waals surface area contributed by atoms with Gasteiger partial charge in [-0.3, -0.25) is 4.98 Å². The molecule has 0 radical (unpaired) electrons. The Kier molecular flexibility index (Phi) is 2.42. The van der Waals surface area contributed by atoms with Gasteiger partial charge >= 0.3 is 0 Å². The SMILES string of the molecule is c1cncc(-n2ccc3cc(-c4ccoc4)ccc32)c1. The number of aromatic nitrogens is 2. The van der Waals surface area contributed by atoms with Crippen LogP contribution in [0.25, 0.3) is 27.7 Å². The van der Waals surface area contributed by atoms with Crippen molar-refractivity contribution in [2.75, 3.05) is 0 Å². The highest BCUT2D eigenvalue weighted by molar-refractivity contribution is 5.86. The van der Waals surface area contributed by atoms with E-state index in [0.29, 0.717) is 0 Å². The first-order chi connectivity index (χ1) is 9.92. The average Bonchev–Trinajstić information content (AvgIpc) is 3.17. The van der Waals surface area contributed by atoms with Gasteiger partial charge in [-0.2, -0.15) is 0 Å². The summed E-state index contributed by atoms with van der Waals surface area (Å²) in [5.74, 6) is 0. The lowest BCUT2D eigenvalue weighted by molar-refractivity contribution is 0.568. The predicted molar refractivity (Wildman–Crippen MR) is 78.8 cm³/mol. The van der Waals surface area contributed by atoms with Crippen LogP contribution < -0.4 is 0 Å². The third-order valence-electron chi connectivity index (χ3n) is 3.47. The van der Waals surface area contributed by atoms with Crippen molar-refractivity contribution < 1.29 is 4.42 Å². The molecule has 0 amide bonds. The summed E-state index contributed by atoms with van der Waals surface area (Å²) in [6.45, 7) is 0. The standard InChI is InChI=1S/C17H12N2O/c1-2-16(11-18-7-1)19-8-5-14-10-13(3-4-17(14)19)15-6-9-20-12-15/h1-12H. The highest BCUT2D eigenvalue weighted by atomic mass is 16.3. The predicted octanol–water partition coefficient (Wildman–Crippen LogP) is 4.29. The quantitative estimate of drug-likeness (QED) is 0.538. The van der Waals surface area contributed by atoms with Gasteiger partial charge in [-0.05, 0) is 42.0 Å². The van der Waals surface area contributed by atoms with E-state index in [-0.39, 0.29) is 0 Å². The van der Waals surface area contributed by atoms with E-state index in [1.54, 1.807) is 18.7 Å². The molecule has 20 heavy (non-hydrogen) atoms. The minimum atomic E-state index is 1.07. The Morgan fingerprint density at radius 3 is 2.80 bits per heavy atom. The highest BCUT2D eigenvalue weighted by Gasteiger charge is 2.05. The van der Waals surface area contributed by atoms with E-state index in [9.17, 15) is 0 Å². The van der Waals surface area contributed by atoms with Crippen LogP contribution in [-0.4, -0.2) is 9.55 Å². The molecule has 0 aliphatic rings. The van der Waals surface area contributed by atoms with Gasteiger partial charge in [0.25, 0.3) is 0 Å². The van der Waals surface area contributed by atoms with Gasteiger partial charge in [-0.15, -0.1) is 0 Å². The molecule has 3 heteroatoms. The number of benzene rings is 1. The molecular weight excluding hydrogens is 248 g/mol. The second-order valence-electron chi connectivity index (χ2n) is 4.68. The Morgan fingerprint density at radius 1 is 1.00 bits per heavy atom. The van der Waals surface area contributed by atoms with Crippen molar-refractivity contribution in [2.24, 2.45) is 0 Å². The first-order valence-electron chi connectivity index (χ1n) is 6.46. The molecule has 3 nitrogen and oxygen atoms in total. The van der Waals surface area contributed by atoms with E-state index in [2.05, 4.69) is 46.1 Å². The largest absolute Gasteiger partial charge is 0.472 e. The molecule has 0 atom stereocenters. The molecule has 0 saturated heterocycles. The number of furan rings is 1. The monoisotopic (exact) mass is 260 g/mol. The Hall–Kier alpha value is -2.81. The van der Waals surface area contributed by atoms with E-state index in [1.807, 2.05) is 18.3 Å². The van der Waals surface area contributed by atoms with Crippen molar-refractivity contribution in [3.05, 3.63) is 73.6 Å². The van der Waals surface area contributed by atoms with Gasteiger partial charge in [0.15, 0.2) is 0 Å². The van der Waals surface area contributed by atoms with E-state index < -0.39 is 0 Å². The highest BCUT2D eigenvalue weighted by Crippen LogP contribution is 2.26. The van der Waals surface area contributed by atoms with E-state index in [1.165, 1.54) is 10.9 Å². The van der Waals surface area contributed by atoms with Crippen LogP contribution >= 0.6 is 0 Å². The lowest BCUT2D eigenvalue weighted by Gasteiger charge is -2.05. The molecule has 4 rings (SSSR count). The molecule has 96 valence electrons. The van der Waals surface area contributed by atoms with Crippen LogP contribution in [0.2, 0.25) is 0 Å². The van der Waals surface area contributed by atoms with Crippen LogP contribution in [0.4, 0.5) is 0 Å². The van der Waals surface area contributed by atoms with Crippen LogP contribution in [0.5, 0.6) is 0 Å². The van der Waals surface area contributed by atoms with Crippen molar-refractivity contribution in [1.82, 2.24) is 9.55 Å². The molecule has 0 unspecified atom stereocenters. The van der Waals surface area contributed by atoms with Crippen LogP contribution in [0.3, 0.4) is 0 Å². The summed E-state index contributed by atoms with van der Waals surface area (Å²) in [6.07, 6.45) is 9.18. The smallest absolute Gasteiger partial charge is 0.0980 e. The first-order valence-corrected chi connectivity index (χ1v) is 6.46. The second-order valence-corrected chi connectivity index (χ2v) is 4.68. The number of pyridine rings is 1. The summed E-state index contributed by atoms with van der Waals surface area (Å²) in [7, 11) is 0. The van der Waals surface area contributed by atoms with Crippen molar-refractivity contribution in [1.29, 1.82) is 0 Å². The second kappa shape index (κ2) is 4.38. The van der Waals surface area contributed by atoms with Crippen LogP contribution in [-0.2, 0) is 0 Å². The van der Waals surface area contributed by atoms with Gasteiger partial charge in [0.05, 0.1) is 29.9 Å². The van der Waals surface area contributed by atoms with E-state index in [4.69, 9.17) is 4.42 Å². The van der Waals surface area contributed by atoms with Gasteiger partial charge in [-0.25, -0.2) is 0 Å². The molecule has 0 N–H and O–H groups in total. The van der Waals surface area contributed by atoms with Crippen molar-refractivity contribution in [3.63, 3.8) is 0 Å². The number of hydrogen-bond acceptors (Lipinski definition) is 2. The molecule has 0 aliphatic heterocycles. The normalized spacial score (nSPS) is 11.0. The van der Waals surface area contributed by atoms with Gasteiger partial charge < -0.3 is 8.98 Å². The van der Waals surface area contributed by atoms with Crippen molar-refractivity contribution in [3.8, 4) is 16.8 Å². The van der Waals surface area contributed by atoms with Crippen molar-refractivity contribution in [2.45, 2.75) is 0 Å². The first kappa shape index (κ1) is 11.1. The number of rotatable bonds is 2. The molecular formula is C17H12N2O. The molecule has 0 saturated carbocycles. The Labute approximate surface area is 116 Å². The molecule has 0 spiro atoms. The molecule has 4 aromatic rings. The van der Waals surface area contributed by atoms with Crippen molar-refractivity contribution >= 4 is 10.9 Å². The lowest BCUT2D eigenvalue weighted by atomic mass is 10.1. The Morgan fingerprint density at radius 2 is 2.00 bits per heavy atom. The fourth-order valence-electron chi connectivity index (χ4n) is 2.47. The fourth-order valence-corrected chi connectivity index (χ4v) is 2.47. The maximum atomic E-state index is 5.14. The molecule has 3 aromatic heterocycles. The zero-order chi connectivity index (χ0) is 13.4. The number of fused-ring (bicyclic) bond motifs is 1. The topological polar surface area (TPSA) is 31.0 Å². The Balaban J connectivity index is 1.87. The molecule has 0 fully saturated rings. The summed E-state index contributed by atoms with van der Waals surface area (Å²) in [4.78, 5) is 4.17. The lowest BCUT2D eigenvalue weighted by Crippen LogP contribution is -1.91. The summed E-state index contributed by atoms with van der Waals surface area (Å²) in [5.41, 5.74) is 4.50. The molecule has 0 bridgehead atoms. The van der Waals surface area contributed by atoms with Crippen LogP contribution in [0.15, 0.2) is 78.0 Å². The van der Waals surface area contributed by atoms with Gasteiger partial charge in [0.2, 0.25) is 0 Å². The minimum absolute atomic E-state index is 1.07. The summed E-state index contributed by atoms with van der Waals surface area (Å²) in [6, 6.07) is 14.5.